The fraction of sp³-hybridized carbons (Fsp3) is 0.360. The Morgan fingerprint density at radius 1 is 1.12 bits per heavy atom. The van der Waals surface area contributed by atoms with Crippen LogP contribution in [0.1, 0.15) is 32.3 Å². The second-order valence-corrected chi connectivity index (χ2v) is 10.5. The van der Waals surface area contributed by atoms with Crippen LogP contribution < -0.4 is 4.90 Å². The Bertz CT molecular complexity index is 1270. The van der Waals surface area contributed by atoms with Crippen LogP contribution in [-0.4, -0.2) is 39.1 Å². The molecule has 1 saturated heterocycles. The van der Waals surface area contributed by atoms with Gasteiger partial charge >= 0.3 is 5.97 Å². The molecule has 6 nitrogen and oxygen atoms in total. The van der Waals surface area contributed by atoms with E-state index < -0.39 is 9.84 Å². The van der Waals surface area contributed by atoms with Crippen LogP contribution in [0.25, 0.3) is 10.9 Å². The maximum absolute atomic E-state index is 13.7. The minimum atomic E-state index is -3.84. The summed E-state index contributed by atoms with van der Waals surface area (Å²) in [4.78, 5) is 19.1. The summed E-state index contributed by atoms with van der Waals surface area (Å²) in [7, 11) is -3.84. The molecule has 1 aliphatic heterocycles. The smallest absolute Gasteiger partial charge is 0.309 e. The molecule has 2 aromatic carbocycles. The topological polar surface area (TPSA) is 76.6 Å². The first-order chi connectivity index (χ1) is 15.8. The summed E-state index contributed by atoms with van der Waals surface area (Å²) in [6.45, 7) is 5.34. The second-order valence-electron chi connectivity index (χ2n) is 8.15. The van der Waals surface area contributed by atoms with E-state index in [1.807, 2.05) is 18.2 Å². The maximum Gasteiger partial charge on any atom is 0.309 e. The molecule has 0 aliphatic carbocycles. The number of piperidine rings is 1. The molecule has 8 heteroatoms. The van der Waals surface area contributed by atoms with Crippen LogP contribution in [0.3, 0.4) is 0 Å². The molecule has 0 radical (unpaired) electrons. The highest BCUT2D eigenvalue weighted by Gasteiger charge is 2.31. The van der Waals surface area contributed by atoms with Crippen molar-refractivity contribution in [3.63, 3.8) is 0 Å². The SMILES string of the molecule is CCOC(=O)C1CCN(c2c(S(=O)(=O)c3ccc(Cl)cc3)cnc3ccc(CC)cc23)CC1. The molecule has 0 spiro atoms. The number of hydrogen-bond acceptors (Lipinski definition) is 6. The number of hydrogen-bond donors (Lipinski definition) is 0. The molecule has 1 aromatic heterocycles. The van der Waals surface area contributed by atoms with E-state index in [0.717, 1.165) is 22.9 Å². The number of nitrogens with zero attached hydrogens (tertiary/aromatic N) is 2. The van der Waals surface area contributed by atoms with Crippen LogP contribution in [0.5, 0.6) is 0 Å². The van der Waals surface area contributed by atoms with Crippen LogP contribution >= 0.6 is 11.6 Å². The minimum absolute atomic E-state index is 0.167. The quantitative estimate of drug-likeness (QED) is 0.453. The average Bonchev–Trinajstić information content (AvgIpc) is 2.83. The average molecular weight is 487 g/mol. The molecule has 0 N–H and O–H groups in total. The lowest BCUT2D eigenvalue weighted by molar-refractivity contribution is -0.148. The van der Waals surface area contributed by atoms with Gasteiger partial charge in [0, 0.05) is 29.7 Å². The first-order valence-corrected chi connectivity index (χ1v) is 13.0. The molecule has 0 unspecified atom stereocenters. The van der Waals surface area contributed by atoms with Gasteiger partial charge in [-0.05, 0) is 68.1 Å². The Kier molecular flexibility index (Phi) is 6.91. The largest absolute Gasteiger partial charge is 0.466 e. The summed E-state index contributed by atoms with van der Waals surface area (Å²) in [5.41, 5.74) is 2.49. The van der Waals surface area contributed by atoms with Crippen molar-refractivity contribution in [1.29, 1.82) is 0 Å². The van der Waals surface area contributed by atoms with Crippen LogP contribution in [0.4, 0.5) is 5.69 Å². The number of carbonyl (C=O) groups is 1. The standard InChI is InChI=1S/C25H27ClN2O4S/c1-3-17-5-10-22-21(15-17)24(28-13-11-18(12-14-28)25(29)32-4-2)23(16-27-22)33(30,31)20-8-6-19(26)7-9-20/h5-10,15-16,18H,3-4,11-14H2,1-2H3. The Balaban J connectivity index is 1.82. The normalized spacial score (nSPS) is 15.1. The number of rotatable bonds is 6. The molecule has 1 fully saturated rings. The number of halogens is 1. The zero-order chi connectivity index (χ0) is 23.6. The van der Waals surface area contributed by atoms with Crippen LogP contribution in [0.2, 0.25) is 5.02 Å². The summed E-state index contributed by atoms with van der Waals surface area (Å²) in [6, 6.07) is 12.1. The van der Waals surface area contributed by atoms with Gasteiger partial charge in [-0.15, -0.1) is 0 Å². The van der Waals surface area contributed by atoms with E-state index in [9.17, 15) is 13.2 Å². The molecule has 174 valence electrons. The van der Waals surface area contributed by atoms with E-state index >= 15 is 0 Å². The molecule has 3 aromatic rings. The van der Waals surface area contributed by atoms with E-state index in [0.29, 0.717) is 43.2 Å². The summed E-state index contributed by atoms with van der Waals surface area (Å²) in [5.74, 6) is -0.351. The summed E-state index contributed by atoms with van der Waals surface area (Å²) < 4.78 is 32.6. The molecule has 2 heterocycles. The highest BCUT2D eigenvalue weighted by molar-refractivity contribution is 7.91. The number of aryl methyl sites for hydroxylation is 1. The molecule has 0 amide bonds. The van der Waals surface area contributed by atoms with E-state index in [1.165, 1.54) is 18.3 Å². The van der Waals surface area contributed by atoms with Gasteiger partial charge in [0.1, 0.15) is 4.90 Å². The maximum atomic E-state index is 13.7. The van der Waals surface area contributed by atoms with Crippen molar-refractivity contribution in [2.24, 2.45) is 5.92 Å². The number of carbonyl (C=O) groups excluding carboxylic acids is 1. The number of esters is 1. The first-order valence-electron chi connectivity index (χ1n) is 11.2. The third kappa shape index (κ3) is 4.70. The highest BCUT2D eigenvalue weighted by Crippen LogP contribution is 2.38. The Labute approximate surface area is 199 Å². The lowest BCUT2D eigenvalue weighted by Gasteiger charge is -2.34. The summed E-state index contributed by atoms with van der Waals surface area (Å²) >= 11 is 5.98. The van der Waals surface area contributed by atoms with Crippen molar-refractivity contribution in [1.82, 2.24) is 4.98 Å². The summed E-state index contributed by atoms with van der Waals surface area (Å²) in [5, 5.41) is 1.28. The lowest BCUT2D eigenvalue weighted by atomic mass is 9.96. The molecular formula is C25H27ClN2O4S. The zero-order valence-electron chi connectivity index (χ0n) is 18.8. The molecular weight excluding hydrogens is 460 g/mol. The van der Waals surface area contributed by atoms with Crippen LogP contribution in [-0.2, 0) is 25.8 Å². The number of ether oxygens (including phenoxy) is 1. The van der Waals surface area contributed by atoms with Gasteiger partial charge in [0.05, 0.1) is 28.6 Å². The minimum Gasteiger partial charge on any atom is -0.466 e. The highest BCUT2D eigenvalue weighted by atomic mass is 35.5. The predicted molar refractivity (Wildman–Crippen MR) is 130 cm³/mol. The fourth-order valence-corrected chi connectivity index (χ4v) is 5.85. The number of sulfone groups is 1. The second kappa shape index (κ2) is 9.69. The first kappa shape index (κ1) is 23.5. The number of fused-ring (bicyclic) bond motifs is 1. The van der Waals surface area contributed by atoms with Crippen molar-refractivity contribution in [3.05, 3.63) is 59.2 Å². The zero-order valence-corrected chi connectivity index (χ0v) is 20.3. The predicted octanol–water partition coefficient (Wildman–Crippen LogP) is 5.06. The van der Waals surface area contributed by atoms with Gasteiger partial charge in [0.25, 0.3) is 0 Å². The number of pyridine rings is 1. The lowest BCUT2D eigenvalue weighted by Crippen LogP contribution is -2.37. The van der Waals surface area contributed by atoms with Gasteiger partial charge in [-0.1, -0.05) is 24.6 Å². The third-order valence-corrected chi connectivity index (χ3v) is 8.15. The molecule has 0 atom stereocenters. The van der Waals surface area contributed by atoms with Crippen molar-refractivity contribution >= 4 is 44.0 Å². The summed E-state index contributed by atoms with van der Waals surface area (Å²) in [6.07, 6.45) is 3.49. The van der Waals surface area contributed by atoms with Gasteiger partial charge in [-0.2, -0.15) is 0 Å². The van der Waals surface area contributed by atoms with E-state index in [-0.39, 0.29) is 21.7 Å². The molecule has 1 aliphatic rings. The molecule has 0 saturated carbocycles. The third-order valence-electron chi connectivity index (χ3n) is 6.12. The Morgan fingerprint density at radius 2 is 1.82 bits per heavy atom. The number of anilines is 1. The van der Waals surface area contributed by atoms with Crippen LogP contribution in [0.15, 0.2) is 58.5 Å². The van der Waals surface area contributed by atoms with Gasteiger partial charge in [0.15, 0.2) is 0 Å². The molecule has 33 heavy (non-hydrogen) atoms. The van der Waals surface area contributed by atoms with Crippen molar-refractivity contribution in [2.45, 2.75) is 42.9 Å². The van der Waals surface area contributed by atoms with E-state index in [1.54, 1.807) is 19.1 Å². The Hall–Kier alpha value is -2.64. The van der Waals surface area contributed by atoms with Gasteiger partial charge in [0.2, 0.25) is 9.84 Å². The van der Waals surface area contributed by atoms with Gasteiger partial charge < -0.3 is 9.64 Å². The van der Waals surface area contributed by atoms with E-state index in [4.69, 9.17) is 16.3 Å². The van der Waals surface area contributed by atoms with Crippen molar-refractivity contribution in [3.8, 4) is 0 Å². The number of aromatic nitrogens is 1. The number of benzene rings is 2. The monoisotopic (exact) mass is 486 g/mol. The molecule has 0 bridgehead atoms. The van der Waals surface area contributed by atoms with Crippen molar-refractivity contribution in [2.75, 3.05) is 24.6 Å². The molecule has 4 rings (SSSR count). The van der Waals surface area contributed by atoms with E-state index in [2.05, 4.69) is 16.8 Å². The van der Waals surface area contributed by atoms with Gasteiger partial charge in [-0.25, -0.2) is 8.42 Å². The Morgan fingerprint density at radius 3 is 2.45 bits per heavy atom. The van der Waals surface area contributed by atoms with Gasteiger partial charge in [-0.3, -0.25) is 9.78 Å². The van der Waals surface area contributed by atoms with Crippen LogP contribution in [0, 0.1) is 5.92 Å². The fourth-order valence-electron chi connectivity index (χ4n) is 4.29. The van der Waals surface area contributed by atoms with Crippen molar-refractivity contribution < 1.29 is 17.9 Å².